The van der Waals surface area contributed by atoms with Gasteiger partial charge in [-0.3, -0.25) is 19.6 Å². The van der Waals surface area contributed by atoms with E-state index >= 15 is 0 Å². The van der Waals surface area contributed by atoms with Crippen molar-refractivity contribution in [3.63, 3.8) is 0 Å². The first-order chi connectivity index (χ1) is 15.7. The summed E-state index contributed by atoms with van der Waals surface area (Å²) in [5.41, 5.74) is 1.74. The van der Waals surface area contributed by atoms with E-state index in [4.69, 9.17) is 17.0 Å². The minimum atomic E-state index is -3.79. The summed E-state index contributed by atoms with van der Waals surface area (Å²) in [5.74, 6) is 0.0822. The quantitative estimate of drug-likeness (QED) is 0.346. The summed E-state index contributed by atoms with van der Waals surface area (Å²) in [7, 11) is -2.26. The molecule has 10 heteroatoms. The maximum atomic E-state index is 12.6. The summed E-state index contributed by atoms with van der Waals surface area (Å²) >= 11 is 5.16. The van der Waals surface area contributed by atoms with Crippen LogP contribution in [0.15, 0.2) is 77.7 Å². The van der Waals surface area contributed by atoms with E-state index in [1.165, 1.54) is 50.4 Å². The number of amides is 1. The van der Waals surface area contributed by atoms with Crippen molar-refractivity contribution in [2.75, 3.05) is 17.1 Å². The Morgan fingerprint density at radius 2 is 1.36 bits per heavy atom. The molecule has 8 nitrogen and oxygen atoms in total. The van der Waals surface area contributed by atoms with E-state index in [9.17, 15) is 18.0 Å². The lowest BCUT2D eigenvalue weighted by molar-refractivity contribution is 0.0974. The van der Waals surface area contributed by atoms with Gasteiger partial charge in [0, 0.05) is 22.5 Å². The number of methoxy groups -OCH3 is 1. The standard InChI is InChI=1S/C23H21N3O5S2/c1-15(27)16-3-5-17(6-4-16)22(28)25-23(32)24-18-9-13-21(14-10-18)33(29,30)26-19-7-11-20(31-2)12-8-19/h3-14,26H,1-2H3,(H2,24,25,28,32). The van der Waals surface area contributed by atoms with Gasteiger partial charge in [-0.25, -0.2) is 8.42 Å². The highest BCUT2D eigenvalue weighted by Gasteiger charge is 2.15. The second kappa shape index (κ2) is 10.2. The van der Waals surface area contributed by atoms with Crippen LogP contribution in [-0.4, -0.2) is 32.3 Å². The van der Waals surface area contributed by atoms with E-state index in [0.29, 0.717) is 28.3 Å². The lowest BCUT2D eigenvalue weighted by Crippen LogP contribution is -2.34. The van der Waals surface area contributed by atoms with Gasteiger partial charge in [-0.1, -0.05) is 12.1 Å². The molecule has 3 N–H and O–H groups in total. The molecular formula is C23H21N3O5S2. The summed E-state index contributed by atoms with van der Waals surface area (Å²) in [5, 5.41) is 5.41. The number of sulfonamides is 1. The number of carbonyl (C=O) groups excluding carboxylic acids is 2. The van der Waals surface area contributed by atoms with Crippen LogP contribution in [0.2, 0.25) is 0 Å². The van der Waals surface area contributed by atoms with Gasteiger partial charge in [0.05, 0.1) is 12.0 Å². The zero-order valence-corrected chi connectivity index (χ0v) is 19.4. The molecule has 0 aromatic heterocycles. The Kier molecular flexibility index (Phi) is 7.41. The predicted octanol–water partition coefficient (Wildman–Crippen LogP) is 3.83. The molecule has 33 heavy (non-hydrogen) atoms. The van der Waals surface area contributed by atoms with Crippen LogP contribution in [0, 0.1) is 0 Å². The van der Waals surface area contributed by atoms with Crippen molar-refractivity contribution < 1.29 is 22.7 Å². The topological polar surface area (TPSA) is 114 Å². The molecule has 3 rings (SSSR count). The van der Waals surface area contributed by atoms with Crippen LogP contribution in [0.4, 0.5) is 11.4 Å². The van der Waals surface area contributed by atoms with Gasteiger partial charge in [-0.2, -0.15) is 0 Å². The fourth-order valence-corrected chi connectivity index (χ4v) is 4.05. The molecular weight excluding hydrogens is 462 g/mol. The van der Waals surface area contributed by atoms with Crippen molar-refractivity contribution in [3.05, 3.63) is 83.9 Å². The van der Waals surface area contributed by atoms with Gasteiger partial charge in [-0.15, -0.1) is 0 Å². The zero-order chi connectivity index (χ0) is 24.0. The van der Waals surface area contributed by atoms with Crippen molar-refractivity contribution in [2.24, 2.45) is 0 Å². The number of ketones is 1. The van der Waals surface area contributed by atoms with E-state index < -0.39 is 15.9 Å². The predicted molar refractivity (Wildman–Crippen MR) is 130 cm³/mol. The molecule has 0 saturated heterocycles. The minimum absolute atomic E-state index is 0.0441. The highest BCUT2D eigenvalue weighted by Crippen LogP contribution is 2.20. The number of hydrogen-bond acceptors (Lipinski definition) is 6. The third kappa shape index (κ3) is 6.37. The van der Waals surface area contributed by atoms with Crippen molar-refractivity contribution in [3.8, 4) is 5.75 Å². The van der Waals surface area contributed by atoms with E-state index in [2.05, 4.69) is 15.4 Å². The number of benzene rings is 3. The van der Waals surface area contributed by atoms with Crippen molar-refractivity contribution in [1.29, 1.82) is 0 Å². The third-order valence-corrected chi connectivity index (χ3v) is 6.15. The van der Waals surface area contributed by atoms with Crippen molar-refractivity contribution in [1.82, 2.24) is 5.32 Å². The highest BCUT2D eigenvalue weighted by molar-refractivity contribution is 7.92. The molecule has 0 unspecified atom stereocenters. The fraction of sp³-hybridized carbons (Fsp3) is 0.0870. The van der Waals surface area contributed by atoms with Gasteiger partial charge in [0.2, 0.25) is 0 Å². The number of hydrogen-bond donors (Lipinski definition) is 3. The normalized spacial score (nSPS) is 10.7. The Morgan fingerprint density at radius 1 is 0.818 bits per heavy atom. The van der Waals surface area contributed by atoms with Crippen molar-refractivity contribution >= 4 is 50.4 Å². The van der Waals surface area contributed by atoms with Gasteiger partial charge in [0.15, 0.2) is 10.9 Å². The molecule has 1 amide bonds. The Balaban J connectivity index is 1.60. The van der Waals surface area contributed by atoms with Gasteiger partial charge in [-0.05, 0) is 79.8 Å². The Hall–Kier alpha value is -3.76. The molecule has 0 aliphatic rings. The number of Topliss-reactive ketones (excluding diaryl/α,β-unsaturated/α-hetero) is 1. The van der Waals surface area contributed by atoms with Gasteiger partial charge >= 0.3 is 0 Å². The molecule has 0 aliphatic heterocycles. The molecule has 0 spiro atoms. The number of ether oxygens (including phenoxy) is 1. The van der Waals surface area contributed by atoms with Gasteiger partial charge in [0.1, 0.15) is 5.75 Å². The number of carbonyl (C=O) groups is 2. The second-order valence-corrected chi connectivity index (χ2v) is 8.99. The molecule has 0 fully saturated rings. The summed E-state index contributed by atoms with van der Waals surface area (Å²) in [6.45, 7) is 1.44. The molecule has 0 heterocycles. The van der Waals surface area contributed by atoms with Crippen molar-refractivity contribution in [2.45, 2.75) is 11.8 Å². The van der Waals surface area contributed by atoms with E-state index in [-0.39, 0.29) is 15.8 Å². The maximum absolute atomic E-state index is 12.6. The summed E-state index contributed by atoms with van der Waals surface area (Å²) in [4.78, 5) is 23.7. The molecule has 0 saturated carbocycles. The second-order valence-electron chi connectivity index (χ2n) is 6.90. The molecule has 0 aliphatic carbocycles. The Labute approximate surface area is 197 Å². The first-order valence-corrected chi connectivity index (χ1v) is 11.6. The molecule has 3 aromatic rings. The van der Waals surface area contributed by atoms with Crippen LogP contribution in [0.5, 0.6) is 5.75 Å². The average molecular weight is 484 g/mol. The smallest absolute Gasteiger partial charge is 0.261 e. The first kappa shape index (κ1) is 23.9. The van der Waals surface area contributed by atoms with Gasteiger partial charge in [0.25, 0.3) is 15.9 Å². The molecule has 0 bridgehead atoms. The molecule has 0 radical (unpaired) electrons. The Bertz CT molecular complexity index is 1270. The van der Waals surface area contributed by atoms with E-state index in [1.807, 2.05) is 0 Å². The number of nitrogens with one attached hydrogen (secondary N) is 3. The number of anilines is 2. The highest BCUT2D eigenvalue weighted by atomic mass is 32.2. The third-order valence-electron chi connectivity index (χ3n) is 4.55. The summed E-state index contributed by atoms with van der Waals surface area (Å²) in [6, 6.07) is 18.6. The molecule has 0 atom stereocenters. The molecule has 170 valence electrons. The summed E-state index contributed by atoms with van der Waals surface area (Å²) < 4.78 is 32.7. The monoisotopic (exact) mass is 483 g/mol. The van der Waals surface area contributed by atoms with Crippen LogP contribution in [0.25, 0.3) is 0 Å². The lowest BCUT2D eigenvalue weighted by atomic mass is 10.1. The summed E-state index contributed by atoms with van der Waals surface area (Å²) in [6.07, 6.45) is 0. The van der Waals surface area contributed by atoms with Crippen LogP contribution in [-0.2, 0) is 10.0 Å². The first-order valence-electron chi connectivity index (χ1n) is 9.68. The van der Waals surface area contributed by atoms with Crippen LogP contribution < -0.4 is 20.1 Å². The van der Waals surface area contributed by atoms with Crippen LogP contribution in [0.3, 0.4) is 0 Å². The van der Waals surface area contributed by atoms with E-state index in [0.717, 1.165) is 0 Å². The average Bonchev–Trinajstić information content (AvgIpc) is 2.79. The van der Waals surface area contributed by atoms with Crippen LogP contribution >= 0.6 is 12.2 Å². The fourth-order valence-electron chi connectivity index (χ4n) is 2.78. The van der Waals surface area contributed by atoms with Gasteiger partial charge < -0.3 is 10.1 Å². The minimum Gasteiger partial charge on any atom is -0.497 e. The maximum Gasteiger partial charge on any atom is 0.261 e. The zero-order valence-electron chi connectivity index (χ0n) is 17.8. The largest absolute Gasteiger partial charge is 0.497 e. The Morgan fingerprint density at radius 3 is 1.91 bits per heavy atom. The van der Waals surface area contributed by atoms with Crippen LogP contribution in [0.1, 0.15) is 27.6 Å². The van der Waals surface area contributed by atoms with E-state index in [1.54, 1.807) is 36.4 Å². The molecule has 3 aromatic carbocycles. The number of thiocarbonyl (C=S) groups is 1. The lowest BCUT2D eigenvalue weighted by Gasteiger charge is -2.12. The SMILES string of the molecule is COc1ccc(NS(=O)(=O)c2ccc(NC(=S)NC(=O)c3ccc(C(C)=O)cc3)cc2)cc1. The number of rotatable bonds is 7.